The molecule has 0 unspecified atom stereocenters. The van der Waals surface area contributed by atoms with E-state index in [0.717, 1.165) is 27.9 Å². The second kappa shape index (κ2) is 10.8. The van der Waals surface area contributed by atoms with Crippen molar-refractivity contribution in [2.75, 3.05) is 0 Å². The maximum atomic E-state index is 10.1. The predicted octanol–water partition coefficient (Wildman–Crippen LogP) is 13.3. The van der Waals surface area contributed by atoms with Gasteiger partial charge in [-0.05, 0) is 86.0 Å². The first kappa shape index (κ1) is 29.7. The number of rotatable bonds is 2. The Hall–Kier alpha value is -6.86. The maximum Gasteiger partial charge on any atom is 0.0991 e. The highest BCUT2D eigenvalue weighted by atomic mass is 32.1. The molecule has 248 valence electrons. The molecule has 8 aromatic carbocycles. The van der Waals surface area contributed by atoms with Gasteiger partial charge in [-0.3, -0.25) is 0 Å². The van der Waals surface area contributed by atoms with Crippen LogP contribution in [0.4, 0.5) is 0 Å². The van der Waals surface area contributed by atoms with Gasteiger partial charge >= 0.3 is 0 Å². The molecule has 2 aromatic heterocycles. The van der Waals surface area contributed by atoms with Crippen molar-refractivity contribution in [2.45, 2.75) is 5.41 Å². The van der Waals surface area contributed by atoms with Gasteiger partial charge in [-0.1, -0.05) is 140 Å². The van der Waals surface area contributed by atoms with Gasteiger partial charge < -0.3 is 0 Å². The highest BCUT2D eigenvalue weighted by Crippen LogP contribution is 2.63. The summed E-state index contributed by atoms with van der Waals surface area (Å²) in [7, 11) is 0. The van der Waals surface area contributed by atoms with Gasteiger partial charge in [-0.15, -0.1) is 11.3 Å². The van der Waals surface area contributed by atoms with Crippen LogP contribution in [-0.4, -0.2) is 4.98 Å². The minimum atomic E-state index is -0.528. The number of aromatic nitrogens is 1. The number of benzene rings is 8. The van der Waals surface area contributed by atoms with Crippen LogP contribution in [0.15, 0.2) is 170 Å². The summed E-state index contributed by atoms with van der Waals surface area (Å²) in [5.41, 5.74) is 15.4. The lowest BCUT2D eigenvalue weighted by atomic mass is 9.70. The molecule has 10 aromatic rings. The third-order valence-corrected chi connectivity index (χ3v) is 13.1. The summed E-state index contributed by atoms with van der Waals surface area (Å²) in [4.78, 5) is 5.45. The Bertz CT molecular complexity index is 3250. The summed E-state index contributed by atoms with van der Waals surface area (Å²) in [5.74, 6) is 0. The zero-order valence-corrected chi connectivity index (χ0v) is 29.8. The van der Waals surface area contributed by atoms with Gasteiger partial charge in [-0.2, -0.15) is 5.26 Å². The lowest BCUT2D eigenvalue weighted by molar-refractivity contribution is 0.793. The zero-order valence-electron chi connectivity index (χ0n) is 29.0. The van der Waals surface area contributed by atoms with E-state index in [9.17, 15) is 5.26 Å². The van der Waals surface area contributed by atoms with Crippen molar-refractivity contribution in [1.82, 2.24) is 4.98 Å². The molecule has 0 amide bonds. The minimum Gasteiger partial charge on any atom is -0.247 e. The fraction of sp³-hybridized carbons (Fsp3) is 0.0196. The molecule has 2 aliphatic carbocycles. The Kier molecular flexibility index (Phi) is 5.96. The van der Waals surface area contributed by atoms with Crippen LogP contribution in [0.1, 0.15) is 27.8 Å². The maximum absolute atomic E-state index is 10.1. The van der Waals surface area contributed by atoms with E-state index in [1.807, 2.05) is 17.4 Å². The molecule has 54 heavy (non-hydrogen) atoms. The van der Waals surface area contributed by atoms with Gasteiger partial charge in [0.1, 0.15) is 0 Å². The lowest BCUT2D eigenvalue weighted by Crippen LogP contribution is -2.26. The standard InChI is InChI=1S/C51H28N2S/c52-29-30-18-21-36-37-22-19-32(27-45(37)51(44(36)26-30)42-15-7-4-12-34(42)35-13-5-8-16-43(35)51)33-20-23-40-46(28-33)53-49(31-10-2-1-3-11-31)41-25-24-39-38-14-6-9-17-47(38)54-50(39)48(40)41/h1-28H. The smallest absolute Gasteiger partial charge is 0.0991 e. The average Bonchev–Trinajstić information content (AvgIpc) is 3.87. The Balaban J connectivity index is 1.13. The van der Waals surface area contributed by atoms with E-state index >= 15 is 0 Å². The van der Waals surface area contributed by atoms with Crippen LogP contribution in [0.25, 0.3) is 86.5 Å². The second-order valence-corrected chi connectivity index (χ2v) is 15.5. The van der Waals surface area contributed by atoms with Gasteiger partial charge in [0.15, 0.2) is 0 Å². The lowest BCUT2D eigenvalue weighted by Gasteiger charge is -2.30. The Morgan fingerprint density at radius 2 is 1.07 bits per heavy atom. The third kappa shape index (κ3) is 3.80. The number of fused-ring (bicyclic) bond motifs is 17. The molecule has 2 nitrogen and oxygen atoms in total. The first-order valence-electron chi connectivity index (χ1n) is 18.3. The molecule has 0 N–H and O–H groups in total. The average molecular weight is 701 g/mol. The predicted molar refractivity (Wildman–Crippen MR) is 224 cm³/mol. The van der Waals surface area contributed by atoms with Crippen molar-refractivity contribution in [1.29, 1.82) is 5.26 Å². The molecule has 0 radical (unpaired) electrons. The first-order chi connectivity index (χ1) is 26.7. The van der Waals surface area contributed by atoms with E-state index in [1.54, 1.807) is 0 Å². The minimum absolute atomic E-state index is 0.528. The molecule has 1 spiro atoms. The van der Waals surface area contributed by atoms with E-state index in [2.05, 4.69) is 170 Å². The van der Waals surface area contributed by atoms with E-state index in [4.69, 9.17) is 4.98 Å². The van der Waals surface area contributed by atoms with Crippen molar-refractivity contribution in [3.63, 3.8) is 0 Å². The molecular formula is C51H28N2S. The van der Waals surface area contributed by atoms with Gasteiger partial charge in [0.05, 0.1) is 28.3 Å². The second-order valence-electron chi connectivity index (χ2n) is 14.5. The van der Waals surface area contributed by atoms with Gasteiger partial charge in [-0.25, -0.2) is 4.98 Å². The molecule has 2 heterocycles. The first-order valence-corrected chi connectivity index (χ1v) is 19.2. The fourth-order valence-corrected chi connectivity index (χ4v) is 10.9. The van der Waals surface area contributed by atoms with E-state index in [1.165, 1.54) is 80.8 Å². The number of nitrogens with zero attached hydrogens (tertiary/aromatic N) is 2. The number of thiophene rings is 1. The molecule has 0 fully saturated rings. The van der Waals surface area contributed by atoms with Crippen LogP contribution in [0.3, 0.4) is 0 Å². The quantitative estimate of drug-likeness (QED) is 0.168. The highest BCUT2D eigenvalue weighted by molar-refractivity contribution is 7.26. The Morgan fingerprint density at radius 3 is 1.87 bits per heavy atom. The van der Waals surface area contributed by atoms with Crippen LogP contribution >= 0.6 is 11.3 Å². The monoisotopic (exact) mass is 700 g/mol. The Morgan fingerprint density at radius 1 is 0.463 bits per heavy atom. The SMILES string of the molecule is N#Cc1ccc2c(c1)C1(c3ccccc3-c3ccccc31)c1cc(-c3ccc4c(c3)nc(-c3ccccc3)c3ccc5c6ccccc6sc5c34)ccc1-2. The molecule has 0 atom stereocenters. The molecule has 2 aliphatic rings. The van der Waals surface area contributed by atoms with Gasteiger partial charge in [0.2, 0.25) is 0 Å². The van der Waals surface area contributed by atoms with Crippen molar-refractivity contribution in [2.24, 2.45) is 0 Å². The van der Waals surface area contributed by atoms with Crippen molar-refractivity contribution < 1.29 is 0 Å². The summed E-state index contributed by atoms with van der Waals surface area (Å²) in [5, 5.41) is 16.3. The molecule has 0 bridgehead atoms. The summed E-state index contributed by atoms with van der Waals surface area (Å²) >= 11 is 1.87. The summed E-state index contributed by atoms with van der Waals surface area (Å²) in [6, 6.07) is 64.0. The van der Waals surface area contributed by atoms with E-state index < -0.39 is 5.41 Å². The van der Waals surface area contributed by atoms with E-state index in [0.29, 0.717) is 5.56 Å². The van der Waals surface area contributed by atoms with Crippen LogP contribution in [-0.2, 0) is 5.41 Å². The number of nitriles is 1. The summed E-state index contributed by atoms with van der Waals surface area (Å²) < 4.78 is 2.60. The van der Waals surface area contributed by atoms with Gasteiger partial charge in [0, 0.05) is 41.9 Å². The van der Waals surface area contributed by atoms with Crippen molar-refractivity contribution in [3.05, 3.63) is 198 Å². The van der Waals surface area contributed by atoms with Crippen LogP contribution in [0, 0.1) is 11.3 Å². The van der Waals surface area contributed by atoms with Crippen molar-refractivity contribution >= 4 is 53.2 Å². The summed E-state index contributed by atoms with van der Waals surface area (Å²) in [6.07, 6.45) is 0. The number of pyridine rings is 1. The third-order valence-electron chi connectivity index (χ3n) is 11.9. The molecule has 0 saturated carbocycles. The zero-order chi connectivity index (χ0) is 35.5. The fourth-order valence-electron chi connectivity index (χ4n) is 9.65. The largest absolute Gasteiger partial charge is 0.247 e. The van der Waals surface area contributed by atoms with Crippen molar-refractivity contribution in [3.8, 4) is 50.7 Å². The number of hydrogen-bond donors (Lipinski definition) is 0. The van der Waals surface area contributed by atoms with Crippen LogP contribution < -0.4 is 0 Å². The highest BCUT2D eigenvalue weighted by Gasteiger charge is 2.51. The molecule has 0 saturated heterocycles. The normalized spacial score (nSPS) is 13.3. The summed E-state index contributed by atoms with van der Waals surface area (Å²) in [6.45, 7) is 0. The molecule has 12 rings (SSSR count). The topological polar surface area (TPSA) is 36.7 Å². The Labute approximate surface area is 315 Å². The van der Waals surface area contributed by atoms with Crippen LogP contribution in [0.5, 0.6) is 0 Å². The molecule has 0 aliphatic heterocycles. The molecular weight excluding hydrogens is 673 g/mol. The number of hydrogen-bond acceptors (Lipinski definition) is 3. The van der Waals surface area contributed by atoms with Crippen LogP contribution in [0.2, 0.25) is 0 Å². The van der Waals surface area contributed by atoms with E-state index in [-0.39, 0.29) is 0 Å². The molecule has 3 heteroatoms. The van der Waals surface area contributed by atoms with Gasteiger partial charge in [0.25, 0.3) is 0 Å².